The van der Waals surface area contributed by atoms with Crippen molar-refractivity contribution >= 4 is 21.8 Å². The minimum Gasteiger partial charge on any atom is -0.344 e. The highest BCUT2D eigenvalue weighted by atomic mass is 79.9. The summed E-state index contributed by atoms with van der Waals surface area (Å²) < 4.78 is 39.0. The van der Waals surface area contributed by atoms with Crippen LogP contribution in [0.15, 0.2) is 47.5 Å². The lowest BCUT2D eigenvalue weighted by Gasteiger charge is -2.16. The molecule has 0 radical (unpaired) electrons. The van der Waals surface area contributed by atoms with Gasteiger partial charge in [0.05, 0.1) is 24.0 Å². The molecule has 0 fully saturated rings. The van der Waals surface area contributed by atoms with Crippen LogP contribution in [0.5, 0.6) is 0 Å². The zero-order chi connectivity index (χ0) is 19.6. The van der Waals surface area contributed by atoms with E-state index in [-0.39, 0.29) is 10.0 Å². The zero-order valence-corrected chi connectivity index (χ0v) is 15.4. The van der Waals surface area contributed by atoms with Crippen molar-refractivity contribution in [2.24, 2.45) is 0 Å². The van der Waals surface area contributed by atoms with E-state index in [1.54, 1.807) is 6.92 Å². The number of hydrogen-bond acceptors (Lipinski definition) is 5. The molecule has 2 heterocycles. The lowest BCUT2D eigenvalue weighted by molar-refractivity contribution is -0.137. The summed E-state index contributed by atoms with van der Waals surface area (Å²) in [5, 5.41) is 10.6. The molecule has 1 unspecified atom stereocenters. The third kappa shape index (κ3) is 4.30. The predicted molar refractivity (Wildman–Crippen MR) is 92.0 cm³/mol. The van der Waals surface area contributed by atoms with Crippen LogP contribution >= 0.6 is 15.9 Å². The van der Waals surface area contributed by atoms with Crippen molar-refractivity contribution < 1.29 is 18.0 Å². The van der Waals surface area contributed by atoms with Gasteiger partial charge in [0.1, 0.15) is 5.69 Å². The normalized spacial score (nSPS) is 12.6. The number of alkyl halides is 3. The number of nitrogens with one attached hydrogen (secondary N) is 1. The van der Waals surface area contributed by atoms with Crippen LogP contribution < -0.4 is 5.32 Å². The molecule has 0 aliphatic rings. The third-order valence-electron chi connectivity index (χ3n) is 3.56. The summed E-state index contributed by atoms with van der Waals surface area (Å²) in [6, 6.07) is 2.36. The molecule has 0 saturated carbocycles. The van der Waals surface area contributed by atoms with E-state index < -0.39 is 23.7 Å². The number of aromatic nitrogens is 5. The first-order valence-electron chi connectivity index (χ1n) is 7.62. The molecule has 140 valence electrons. The monoisotopic (exact) mass is 440 g/mol. The fourth-order valence-electron chi connectivity index (χ4n) is 2.36. The maximum Gasteiger partial charge on any atom is 0.416 e. The summed E-state index contributed by atoms with van der Waals surface area (Å²) in [4.78, 5) is 22.1. The average Bonchev–Trinajstić information content (AvgIpc) is 3.15. The molecule has 3 rings (SSSR count). The van der Waals surface area contributed by atoms with Crippen LogP contribution in [0.3, 0.4) is 0 Å². The van der Waals surface area contributed by atoms with Gasteiger partial charge in [-0.1, -0.05) is 15.9 Å². The molecule has 11 heteroatoms. The van der Waals surface area contributed by atoms with E-state index in [0.717, 1.165) is 12.1 Å². The number of nitrogens with zero attached hydrogens (tertiary/aromatic N) is 5. The third-order valence-corrected chi connectivity index (χ3v) is 4.02. The Labute approximate surface area is 159 Å². The molecule has 1 amide bonds. The molecule has 27 heavy (non-hydrogen) atoms. The smallest absolute Gasteiger partial charge is 0.344 e. The molecule has 0 aliphatic heterocycles. The van der Waals surface area contributed by atoms with Gasteiger partial charge in [-0.25, -0.2) is 4.98 Å². The minimum absolute atomic E-state index is 0.133. The molecule has 3 aromatic rings. The number of benzene rings is 1. The average molecular weight is 441 g/mol. The van der Waals surface area contributed by atoms with E-state index in [4.69, 9.17) is 0 Å². The van der Waals surface area contributed by atoms with Crippen molar-refractivity contribution in [1.29, 1.82) is 0 Å². The van der Waals surface area contributed by atoms with Crippen molar-refractivity contribution in [2.75, 3.05) is 0 Å². The predicted octanol–water partition coefficient (Wildman–Crippen LogP) is 3.33. The fraction of sp³-hybridized carbons (Fsp3) is 0.188. The number of carbonyl (C=O) groups excluding carboxylic acids is 1. The number of carbonyl (C=O) groups is 1. The maximum atomic E-state index is 13.0. The highest BCUT2D eigenvalue weighted by molar-refractivity contribution is 9.10. The van der Waals surface area contributed by atoms with Gasteiger partial charge in [-0.05, 0) is 25.1 Å². The SMILES string of the molecule is CC(NC(=O)c1cc(Br)cc(C(F)(F)F)c1)c1nccnc1-n1nccn1. The van der Waals surface area contributed by atoms with Crippen LogP contribution in [0.1, 0.15) is 34.6 Å². The largest absolute Gasteiger partial charge is 0.416 e. The zero-order valence-electron chi connectivity index (χ0n) is 13.8. The Morgan fingerprint density at radius 1 is 1.11 bits per heavy atom. The Morgan fingerprint density at radius 2 is 1.78 bits per heavy atom. The molecule has 0 spiro atoms. The molecule has 0 bridgehead atoms. The summed E-state index contributed by atoms with van der Waals surface area (Å²) in [6.07, 6.45) is 1.24. The summed E-state index contributed by atoms with van der Waals surface area (Å²) in [6.45, 7) is 1.64. The van der Waals surface area contributed by atoms with Crippen LogP contribution in [0, 0.1) is 0 Å². The second-order valence-corrected chi connectivity index (χ2v) is 6.42. The van der Waals surface area contributed by atoms with Crippen molar-refractivity contribution in [1.82, 2.24) is 30.3 Å². The molecule has 2 aromatic heterocycles. The van der Waals surface area contributed by atoms with Gasteiger partial charge >= 0.3 is 6.18 Å². The molecule has 1 aromatic carbocycles. The van der Waals surface area contributed by atoms with Crippen molar-refractivity contribution in [3.05, 3.63) is 64.3 Å². The maximum absolute atomic E-state index is 13.0. The number of amides is 1. The molecule has 7 nitrogen and oxygen atoms in total. The van der Waals surface area contributed by atoms with E-state index in [1.165, 1.54) is 35.7 Å². The van der Waals surface area contributed by atoms with Crippen LogP contribution in [0.25, 0.3) is 5.82 Å². The number of rotatable bonds is 4. The first-order chi connectivity index (χ1) is 12.8. The van der Waals surface area contributed by atoms with Crippen molar-refractivity contribution in [3.8, 4) is 5.82 Å². The standard InChI is InChI=1S/C16H12BrF3N6O/c1-9(13-14(22-3-2-21-13)26-23-4-5-24-26)25-15(27)10-6-11(16(18,19)20)8-12(17)7-10/h2-9H,1H3,(H,25,27). The van der Waals surface area contributed by atoms with Crippen LogP contribution in [0.2, 0.25) is 0 Å². The van der Waals surface area contributed by atoms with Gasteiger partial charge in [0, 0.05) is 22.4 Å². The Morgan fingerprint density at radius 3 is 2.44 bits per heavy atom. The summed E-state index contributed by atoms with van der Waals surface area (Å²) >= 11 is 3.00. The van der Waals surface area contributed by atoms with E-state index in [9.17, 15) is 18.0 Å². The Bertz CT molecular complexity index is 961. The van der Waals surface area contributed by atoms with Gasteiger partial charge in [-0.2, -0.15) is 23.4 Å². The van der Waals surface area contributed by atoms with Gasteiger partial charge in [-0.15, -0.1) is 4.80 Å². The van der Waals surface area contributed by atoms with E-state index in [2.05, 4.69) is 41.4 Å². The highest BCUT2D eigenvalue weighted by Gasteiger charge is 2.32. The number of hydrogen-bond donors (Lipinski definition) is 1. The summed E-state index contributed by atoms with van der Waals surface area (Å²) in [5.74, 6) is -0.375. The summed E-state index contributed by atoms with van der Waals surface area (Å²) in [7, 11) is 0. The van der Waals surface area contributed by atoms with Gasteiger partial charge in [-0.3, -0.25) is 9.78 Å². The quantitative estimate of drug-likeness (QED) is 0.672. The fourth-order valence-corrected chi connectivity index (χ4v) is 2.85. The van der Waals surface area contributed by atoms with Gasteiger partial charge in [0.25, 0.3) is 5.91 Å². The first-order valence-corrected chi connectivity index (χ1v) is 8.41. The lowest BCUT2D eigenvalue weighted by atomic mass is 10.1. The highest BCUT2D eigenvalue weighted by Crippen LogP contribution is 2.32. The summed E-state index contributed by atoms with van der Waals surface area (Å²) in [5.41, 5.74) is -0.685. The van der Waals surface area contributed by atoms with Gasteiger partial charge in [0.15, 0.2) is 5.82 Å². The second kappa shape index (κ2) is 7.43. The topological polar surface area (TPSA) is 85.6 Å². The van der Waals surface area contributed by atoms with E-state index in [0.29, 0.717) is 11.5 Å². The van der Waals surface area contributed by atoms with Gasteiger partial charge < -0.3 is 5.32 Å². The van der Waals surface area contributed by atoms with E-state index in [1.807, 2.05) is 0 Å². The van der Waals surface area contributed by atoms with Crippen LogP contribution in [0.4, 0.5) is 13.2 Å². The Hall–Kier alpha value is -2.82. The second-order valence-electron chi connectivity index (χ2n) is 5.51. The Balaban J connectivity index is 1.87. The van der Waals surface area contributed by atoms with Crippen molar-refractivity contribution in [2.45, 2.75) is 19.1 Å². The van der Waals surface area contributed by atoms with Crippen LogP contribution in [-0.2, 0) is 6.18 Å². The Kier molecular flexibility index (Phi) is 5.22. The van der Waals surface area contributed by atoms with Crippen molar-refractivity contribution in [3.63, 3.8) is 0 Å². The molecule has 0 saturated heterocycles. The van der Waals surface area contributed by atoms with E-state index >= 15 is 0 Å². The molecule has 1 atom stereocenters. The number of halogens is 4. The molecule has 1 N–H and O–H groups in total. The van der Waals surface area contributed by atoms with Gasteiger partial charge in [0.2, 0.25) is 0 Å². The molecule has 0 aliphatic carbocycles. The molecular formula is C16H12BrF3N6O. The minimum atomic E-state index is -4.56. The van der Waals surface area contributed by atoms with Crippen LogP contribution in [-0.4, -0.2) is 30.9 Å². The molecular weight excluding hydrogens is 429 g/mol. The first kappa shape index (κ1) is 19.0. The lowest BCUT2D eigenvalue weighted by Crippen LogP contribution is -2.29.